The van der Waals surface area contributed by atoms with Crippen LogP contribution in [0.25, 0.3) is 54.7 Å². The second-order valence-electron chi connectivity index (χ2n) is 10.6. The predicted molar refractivity (Wildman–Crippen MR) is 162 cm³/mol. The highest BCUT2D eigenvalue weighted by atomic mass is 19.1. The number of ether oxygens (including phenoxy) is 1. The summed E-state index contributed by atoms with van der Waals surface area (Å²) in [6.45, 7) is 2.55. The topological polar surface area (TPSA) is 128 Å². The highest BCUT2D eigenvalue weighted by Crippen LogP contribution is 2.33. The van der Waals surface area contributed by atoms with E-state index in [1.54, 1.807) is 61.5 Å². The Morgan fingerprint density at radius 1 is 0.721 bits per heavy atom. The highest BCUT2D eigenvalue weighted by Gasteiger charge is 2.20. The molecule has 0 aliphatic rings. The summed E-state index contributed by atoms with van der Waals surface area (Å²) in [5.41, 5.74) is 2.40. The van der Waals surface area contributed by atoms with Crippen LogP contribution in [-0.4, -0.2) is 38.4 Å². The van der Waals surface area contributed by atoms with Gasteiger partial charge in [0.05, 0.1) is 34.6 Å². The van der Waals surface area contributed by atoms with Crippen molar-refractivity contribution in [3.05, 3.63) is 98.1 Å². The van der Waals surface area contributed by atoms with E-state index in [4.69, 9.17) is 4.74 Å². The monoisotopic (exact) mass is 580 g/mol. The Bertz CT molecular complexity index is 2320. The van der Waals surface area contributed by atoms with Crippen molar-refractivity contribution in [2.45, 2.75) is 26.9 Å². The molecule has 0 atom stereocenters. The van der Waals surface area contributed by atoms with Gasteiger partial charge in [-0.1, -0.05) is 12.1 Å². The van der Waals surface area contributed by atoms with E-state index < -0.39 is 36.3 Å². The third kappa shape index (κ3) is 4.47. The zero-order valence-corrected chi connectivity index (χ0v) is 23.4. The summed E-state index contributed by atoms with van der Waals surface area (Å²) in [5.74, 6) is -2.69. The summed E-state index contributed by atoms with van der Waals surface area (Å²) in [4.78, 5) is 50.8. The standard InChI is InChI=1S/C33H25FN2O7/c1-16-4-6-21-24(8-16)35(14-28(37)38)27-12-19(10-23(34)31(27)33(21)42)18-9-17(2)30-26(11-18)36(15-29(39)40)25-13-20(43-3)5-7-22(25)32(30)41/h4-13H,14-15H2,1-3H3,(H,37,38)(H,39,40). The van der Waals surface area contributed by atoms with Crippen LogP contribution in [0.5, 0.6) is 5.75 Å². The molecule has 2 heterocycles. The minimum atomic E-state index is -1.17. The Balaban J connectivity index is 1.72. The fourth-order valence-corrected chi connectivity index (χ4v) is 5.89. The third-order valence-electron chi connectivity index (χ3n) is 7.77. The summed E-state index contributed by atoms with van der Waals surface area (Å²) in [6.07, 6.45) is 0. The number of fused-ring (bicyclic) bond motifs is 4. The number of aromatic nitrogens is 2. The Hall–Kier alpha value is -5.51. The van der Waals surface area contributed by atoms with Gasteiger partial charge in [-0.15, -0.1) is 0 Å². The second-order valence-corrected chi connectivity index (χ2v) is 10.6. The zero-order chi connectivity index (χ0) is 30.7. The molecule has 43 heavy (non-hydrogen) atoms. The highest BCUT2D eigenvalue weighted by molar-refractivity contribution is 6.00. The largest absolute Gasteiger partial charge is 0.497 e. The minimum absolute atomic E-state index is 0.101. The Morgan fingerprint density at radius 2 is 1.26 bits per heavy atom. The molecule has 10 heteroatoms. The number of hydrogen-bond acceptors (Lipinski definition) is 5. The molecule has 0 unspecified atom stereocenters. The predicted octanol–water partition coefficient (Wildman–Crippen LogP) is 5.22. The third-order valence-corrected chi connectivity index (χ3v) is 7.77. The molecule has 0 saturated heterocycles. The van der Waals surface area contributed by atoms with Gasteiger partial charge in [-0.3, -0.25) is 19.2 Å². The number of halogens is 1. The molecule has 6 rings (SSSR count). The molecule has 2 aromatic heterocycles. The Kier molecular flexibility index (Phi) is 6.49. The molecule has 0 spiro atoms. The van der Waals surface area contributed by atoms with Gasteiger partial charge in [-0.2, -0.15) is 0 Å². The van der Waals surface area contributed by atoms with Crippen LogP contribution in [0.3, 0.4) is 0 Å². The van der Waals surface area contributed by atoms with E-state index in [2.05, 4.69) is 0 Å². The molecule has 0 aliphatic heterocycles. The van der Waals surface area contributed by atoms with E-state index >= 15 is 4.39 Å². The number of nitrogens with zero attached hydrogens (tertiary/aromatic N) is 2. The van der Waals surface area contributed by atoms with E-state index in [0.717, 1.165) is 5.56 Å². The molecule has 2 N–H and O–H groups in total. The molecule has 0 aliphatic carbocycles. The number of aryl methyl sites for hydroxylation is 2. The Labute approximate surface area is 242 Å². The maximum atomic E-state index is 15.8. The SMILES string of the molecule is COc1ccc2c(=O)c3c(C)cc(-c4cc(F)c5c(=O)c6ccc(C)cc6n(CC(=O)O)c5c4)cc3n(CC(=O)O)c2c1. The van der Waals surface area contributed by atoms with Crippen molar-refractivity contribution >= 4 is 55.6 Å². The molecule has 0 radical (unpaired) electrons. The smallest absolute Gasteiger partial charge is 0.323 e. The van der Waals surface area contributed by atoms with E-state index in [-0.39, 0.29) is 21.7 Å². The van der Waals surface area contributed by atoms with Crippen molar-refractivity contribution in [1.82, 2.24) is 9.13 Å². The normalized spacial score (nSPS) is 11.5. The van der Waals surface area contributed by atoms with Crippen LogP contribution in [0, 0.1) is 19.7 Å². The second kappa shape index (κ2) is 10.1. The molecule has 0 saturated carbocycles. The molecule has 6 aromatic rings. The summed E-state index contributed by atoms with van der Waals surface area (Å²) >= 11 is 0. The van der Waals surface area contributed by atoms with Crippen LogP contribution in [0.15, 0.2) is 70.3 Å². The van der Waals surface area contributed by atoms with Crippen LogP contribution in [-0.2, 0) is 22.7 Å². The first-order valence-electron chi connectivity index (χ1n) is 13.3. The van der Waals surface area contributed by atoms with Crippen LogP contribution in [0.2, 0.25) is 0 Å². The van der Waals surface area contributed by atoms with Crippen LogP contribution in [0.4, 0.5) is 4.39 Å². The lowest BCUT2D eigenvalue weighted by Gasteiger charge is -2.18. The zero-order valence-electron chi connectivity index (χ0n) is 23.4. The average molecular weight is 581 g/mol. The van der Waals surface area contributed by atoms with Crippen molar-refractivity contribution in [3.8, 4) is 16.9 Å². The quantitative estimate of drug-likeness (QED) is 0.259. The lowest BCUT2D eigenvalue weighted by Crippen LogP contribution is -2.17. The van der Waals surface area contributed by atoms with Crippen molar-refractivity contribution < 1.29 is 28.9 Å². The van der Waals surface area contributed by atoms with Gasteiger partial charge in [0.2, 0.25) is 0 Å². The number of pyridine rings is 2. The van der Waals surface area contributed by atoms with Crippen molar-refractivity contribution in [1.29, 1.82) is 0 Å². The summed E-state index contributed by atoms with van der Waals surface area (Å²) in [5, 5.41) is 20.1. The molecule has 9 nitrogen and oxygen atoms in total. The lowest BCUT2D eigenvalue weighted by atomic mass is 9.96. The van der Waals surface area contributed by atoms with Gasteiger partial charge in [0.25, 0.3) is 0 Å². The van der Waals surface area contributed by atoms with Gasteiger partial charge >= 0.3 is 11.9 Å². The molecule has 4 aromatic carbocycles. The number of methoxy groups -OCH3 is 1. The number of rotatable bonds is 6. The van der Waals surface area contributed by atoms with E-state index in [1.165, 1.54) is 22.3 Å². The fourth-order valence-electron chi connectivity index (χ4n) is 5.89. The first kappa shape index (κ1) is 27.6. The van der Waals surface area contributed by atoms with E-state index in [1.807, 2.05) is 6.92 Å². The van der Waals surface area contributed by atoms with Crippen LogP contribution >= 0.6 is 0 Å². The summed E-state index contributed by atoms with van der Waals surface area (Å²) in [6, 6.07) is 15.8. The first-order chi connectivity index (χ1) is 20.5. The van der Waals surface area contributed by atoms with Gasteiger partial charge in [-0.05, 0) is 78.6 Å². The lowest BCUT2D eigenvalue weighted by molar-refractivity contribution is -0.138. The van der Waals surface area contributed by atoms with Gasteiger partial charge in [-0.25, -0.2) is 4.39 Å². The molecule has 0 amide bonds. The van der Waals surface area contributed by atoms with Crippen LogP contribution in [0.1, 0.15) is 11.1 Å². The number of hydrogen-bond donors (Lipinski definition) is 2. The van der Waals surface area contributed by atoms with Crippen LogP contribution < -0.4 is 15.6 Å². The minimum Gasteiger partial charge on any atom is -0.497 e. The molecule has 0 bridgehead atoms. The fraction of sp³-hybridized carbons (Fsp3) is 0.152. The number of carboxylic acid groups (broad SMARTS) is 2. The molecular formula is C33H25FN2O7. The maximum absolute atomic E-state index is 15.8. The van der Waals surface area contributed by atoms with E-state index in [0.29, 0.717) is 49.8 Å². The van der Waals surface area contributed by atoms with Gasteiger partial charge in [0.15, 0.2) is 10.9 Å². The van der Waals surface area contributed by atoms with Crippen molar-refractivity contribution in [2.24, 2.45) is 0 Å². The van der Waals surface area contributed by atoms with E-state index in [9.17, 15) is 29.4 Å². The number of carboxylic acids is 2. The maximum Gasteiger partial charge on any atom is 0.323 e. The first-order valence-corrected chi connectivity index (χ1v) is 13.3. The van der Waals surface area contributed by atoms with Gasteiger partial charge < -0.3 is 24.1 Å². The van der Waals surface area contributed by atoms with Crippen molar-refractivity contribution in [3.63, 3.8) is 0 Å². The number of aliphatic carboxylic acids is 2. The number of carbonyl (C=O) groups is 2. The van der Waals surface area contributed by atoms with Crippen molar-refractivity contribution in [2.75, 3.05) is 7.11 Å². The summed E-state index contributed by atoms with van der Waals surface area (Å²) < 4.78 is 24.1. The summed E-state index contributed by atoms with van der Waals surface area (Å²) in [7, 11) is 1.47. The number of benzene rings is 4. The van der Waals surface area contributed by atoms with Gasteiger partial charge in [0.1, 0.15) is 24.7 Å². The molecular weight excluding hydrogens is 555 g/mol. The Morgan fingerprint density at radius 3 is 1.86 bits per heavy atom. The molecule has 216 valence electrons. The molecule has 0 fully saturated rings. The van der Waals surface area contributed by atoms with Gasteiger partial charge in [0, 0.05) is 22.2 Å². The average Bonchev–Trinajstić information content (AvgIpc) is 2.95.